The van der Waals surface area contributed by atoms with E-state index in [0.29, 0.717) is 29.2 Å². The number of nitrogens with one attached hydrogen (secondary N) is 2. The number of aromatic nitrogens is 1. The minimum Gasteiger partial charge on any atom is -0.469 e. The molecule has 2 rings (SSSR count). The first kappa shape index (κ1) is 19.7. The Morgan fingerprint density at radius 1 is 1.32 bits per heavy atom. The van der Waals surface area contributed by atoms with E-state index in [-0.39, 0.29) is 23.8 Å². The smallest absolute Gasteiger partial charge is 0.321 e. The van der Waals surface area contributed by atoms with Crippen molar-refractivity contribution in [3.05, 3.63) is 11.1 Å². The first-order valence-corrected chi connectivity index (χ1v) is 9.73. The fourth-order valence-electron chi connectivity index (χ4n) is 3.62. The van der Waals surface area contributed by atoms with Gasteiger partial charge in [0.15, 0.2) is 5.13 Å². The van der Waals surface area contributed by atoms with Gasteiger partial charge >= 0.3 is 12.0 Å². The molecule has 1 saturated carbocycles. The van der Waals surface area contributed by atoms with Crippen LogP contribution in [0.15, 0.2) is 5.38 Å². The van der Waals surface area contributed by atoms with E-state index in [1.54, 1.807) is 5.38 Å². The average Bonchev–Trinajstić information content (AvgIpc) is 2.99. The van der Waals surface area contributed by atoms with Crippen molar-refractivity contribution in [3.8, 4) is 0 Å². The third kappa shape index (κ3) is 5.99. The van der Waals surface area contributed by atoms with Crippen molar-refractivity contribution in [2.24, 2.45) is 17.3 Å². The number of thiazole rings is 1. The van der Waals surface area contributed by atoms with Crippen molar-refractivity contribution < 1.29 is 14.3 Å². The summed E-state index contributed by atoms with van der Waals surface area (Å²) in [5.41, 5.74) is 0.869. The number of ether oxygens (including phenoxy) is 1. The second-order valence-corrected chi connectivity index (χ2v) is 8.61. The number of hydrogen-bond acceptors (Lipinski definition) is 5. The number of methoxy groups -OCH3 is 1. The van der Waals surface area contributed by atoms with Crippen LogP contribution in [0.1, 0.15) is 52.1 Å². The molecule has 1 aliphatic rings. The normalized spacial score (nSPS) is 20.8. The molecule has 0 aliphatic heterocycles. The summed E-state index contributed by atoms with van der Waals surface area (Å²) in [5.74, 6) is 0.811. The summed E-state index contributed by atoms with van der Waals surface area (Å²) in [5, 5.41) is 7.99. The second kappa shape index (κ2) is 8.65. The maximum absolute atomic E-state index is 12.2. The molecule has 0 bridgehead atoms. The van der Waals surface area contributed by atoms with Gasteiger partial charge in [0.1, 0.15) is 0 Å². The zero-order chi connectivity index (χ0) is 18.4. The van der Waals surface area contributed by atoms with Crippen LogP contribution in [0.25, 0.3) is 0 Å². The van der Waals surface area contributed by atoms with Gasteiger partial charge in [0.2, 0.25) is 0 Å². The number of rotatable bonds is 5. The van der Waals surface area contributed by atoms with Crippen molar-refractivity contribution in [3.63, 3.8) is 0 Å². The summed E-state index contributed by atoms with van der Waals surface area (Å²) in [6.45, 7) is 7.55. The molecule has 1 aromatic heterocycles. The molecule has 140 valence electrons. The molecule has 2 amide bonds. The van der Waals surface area contributed by atoms with Gasteiger partial charge in [-0.05, 0) is 30.1 Å². The Morgan fingerprint density at radius 2 is 2.04 bits per heavy atom. The summed E-state index contributed by atoms with van der Waals surface area (Å²) in [6, 6.07) is -0.239. The highest BCUT2D eigenvalue weighted by atomic mass is 32.1. The van der Waals surface area contributed by atoms with Crippen LogP contribution >= 0.6 is 11.3 Å². The maximum atomic E-state index is 12.2. The summed E-state index contributed by atoms with van der Waals surface area (Å²) in [4.78, 5) is 27.6. The van der Waals surface area contributed by atoms with Crippen LogP contribution < -0.4 is 10.6 Å². The zero-order valence-electron chi connectivity index (χ0n) is 15.6. The molecule has 0 spiro atoms. The van der Waals surface area contributed by atoms with E-state index in [4.69, 9.17) is 0 Å². The lowest BCUT2D eigenvalue weighted by Crippen LogP contribution is -2.40. The van der Waals surface area contributed by atoms with Gasteiger partial charge in [-0.3, -0.25) is 10.1 Å². The molecule has 1 heterocycles. The van der Waals surface area contributed by atoms with Crippen LogP contribution in [0.2, 0.25) is 0 Å². The van der Waals surface area contributed by atoms with Crippen molar-refractivity contribution >= 4 is 28.5 Å². The molecule has 0 aromatic carbocycles. The van der Waals surface area contributed by atoms with Gasteiger partial charge in [-0.2, -0.15) is 0 Å². The molecule has 6 nitrogen and oxygen atoms in total. The van der Waals surface area contributed by atoms with Crippen LogP contribution in [0, 0.1) is 17.3 Å². The van der Waals surface area contributed by atoms with Gasteiger partial charge in [-0.15, -0.1) is 11.3 Å². The Balaban J connectivity index is 1.83. The molecule has 1 aromatic rings. The molecule has 0 radical (unpaired) electrons. The number of carbonyl (C=O) groups is 2. The highest BCUT2D eigenvalue weighted by Crippen LogP contribution is 2.41. The van der Waals surface area contributed by atoms with Crippen molar-refractivity contribution in [1.82, 2.24) is 10.3 Å². The second-order valence-electron chi connectivity index (χ2n) is 7.75. The van der Waals surface area contributed by atoms with E-state index in [0.717, 1.165) is 0 Å². The standard InChI is InChI=1S/C18H29N3O3S/c1-18(2,3)14-8-6-5-7-12(14)10-19-16(23)21-17-20-13(11-25-17)9-15(22)24-4/h11-12,14H,5-10H2,1-4H3,(H2,19,20,21,23). The van der Waals surface area contributed by atoms with E-state index in [1.807, 2.05) is 0 Å². The van der Waals surface area contributed by atoms with Crippen molar-refractivity contribution in [2.45, 2.75) is 52.9 Å². The predicted molar refractivity (Wildman–Crippen MR) is 99.8 cm³/mol. The van der Waals surface area contributed by atoms with Gasteiger partial charge in [0, 0.05) is 11.9 Å². The van der Waals surface area contributed by atoms with Crippen molar-refractivity contribution in [1.29, 1.82) is 0 Å². The largest absolute Gasteiger partial charge is 0.469 e. The highest BCUT2D eigenvalue weighted by molar-refractivity contribution is 7.13. The van der Waals surface area contributed by atoms with Crippen LogP contribution in [0.3, 0.4) is 0 Å². The lowest BCUT2D eigenvalue weighted by Gasteiger charge is -2.40. The van der Waals surface area contributed by atoms with E-state index in [9.17, 15) is 9.59 Å². The lowest BCUT2D eigenvalue weighted by molar-refractivity contribution is -0.139. The van der Waals surface area contributed by atoms with Crippen LogP contribution in [0.5, 0.6) is 0 Å². The third-order valence-electron chi connectivity index (χ3n) is 4.87. The first-order chi connectivity index (χ1) is 11.8. The van der Waals surface area contributed by atoms with Crippen molar-refractivity contribution in [2.75, 3.05) is 19.0 Å². The zero-order valence-corrected chi connectivity index (χ0v) is 16.4. The Bertz CT molecular complexity index is 595. The summed E-state index contributed by atoms with van der Waals surface area (Å²) >= 11 is 1.31. The van der Waals surface area contributed by atoms with Crippen LogP contribution in [-0.2, 0) is 16.0 Å². The fraction of sp³-hybridized carbons (Fsp3) is 0.722. The molecule has 2 atom stereocenters. The van der Waals surface area contributed by atoms with E-state index in [2.05, 4.69) is 41.1 Å². The monoisotopic (exact) mass is 367 g/mol. The molecule has 7 heteroatoms. The molecular formula is C18H29N3O3S. The SMILES string of the molecule is COC(=O)Cc1csc(NC(=O)NCC2CCCCC2C(C)(C)C)n1. The predicted octanol–water partition coefficient (Wildman–Crippen LogP) is 3.83. The van der Waals surface area contributed by atoms with Crippen LogP contribution in [0.4, 0.5) is 9.93 Å². The Hall–Kier alpha value is -1.63. The number of anilines is 1. The summed E-state index contributed by atoms with van der Waals surface area (Å²) in [6.07, 6.45) is 5.05. The summed E-state index contributed by atoms with van der Waals surface area (Å²) in [7, 11) is 1.34. The Kier molecular flexibility index (Phi) is 6.81. The number of esters is 1. The molecule has 1 fully saturated rings. The third-order valence-corrected chi connectivity index (χ3v) is 5.68. The maximum Gasteiger partial charge on any atom is 0.321 e. The molecule has 0 saturated heterocycles. The molecule has 25 heavy (non-hydrogen) atoms. The van der Waals surface area contributed by atoms with E-state index >= 15 is 0 Å². The van der Waals surface area contributed by atoms with Gasteiger partial charge in [-0.1, -0.05) is 33.6 Å². The Labute approximate surface area is 153 Å². The minimum absolute atomic E-state index is 0.117. The number of hydrogen-bond donors (Lipinski definition) is 2. The summed E-state index contributed by atoms with van der Waals surface area (Å²) < 4.78 is 4.61. The number of amides is 2. The van der Waals surface area contributed by atoms with Gasteiger partial charge in [0.25, 0.3) is 0 Å². The Morgan fingerprint density at radius 3 is 2.72 bits per heavy atom. The van der Waals surface area contributed by atoms with E-state index in [1.165, 1.54) is 44.1 Å². The quantitative estimate of drug-likeness (QED) is 0.775. The lowest BCUT2D eigenvalue weighted by atomic mass is 9.66. The molecule has 1 aliphatic carbocycles. The van der Waals surface area contributed by atoms with Gasteiger partial charge < -0.3 is 10.1 Å². The topological polar surface area (TPSA) is 80.3 Å². The van der Waals surface area contributed by atoms with E-state index < -0.39 is 0 Å². The minimum atomic E-state index is -0.341. The number of nitrogens with zero attached hydrogens (tertiary/aromatic N) is 1. The number of urea groups is 1. The first-order valence-electron chi connectivity index (χ1n) is 8.85. The number of carbonyl (C=O) groups excluding carboxylic acids is 2. The molecular weight excluding hydrogens is 338 g/mol. The average molecular weight is 368 g/mol. The van der Waals surface area contributed by atoms with Gasteiger partial charge in [0.05, 0.1) is 19.2 Å². The van der Waals surface area contributed by atoms with Crippen LogP contribution in [-0.4, -0.2) is 30.6 Å². The molecule has 2 N–H and O–H groups in total. The van der Waals surface area contributed by atoms with Gasteiger partial charge in [-0.25, -0.2) is 9.78 Å². The molecule has 2 unspecified atom stereocenters. The highest BCUT2D eigenvalue weighted by Gasteiger charge is 2.34. The fourth-order valence-corrected chi connectivity index (χ4v) is 4.33.